The topological polar surface area (TPSA) is 122 Å². The van der Waals surface area contributed by atoms with Gasteiger partial charge in [-0.2, -0.15) is 0 Å². The second-order valence-corrected chi connectivity index (χ2v) is 14.4. The van der Waals surface area contributed by atoms with Gasteiger partial charge in [-0.15, -0.1) is 0 Å². The predicted octanol–water partition coefficient (Wildman–Crippen LogP) is 3.48. The number of aliphatic hydroxyl groups is 1. The molecule has 3 N–H and O–H groups in total. The van der Waals surface area contributed by atoms with Gasteiger partial charge in [0.25, 0.3) is 0 Å². The first kappa shape index (κ1) is 37.7. The molecular weight excluding hydrogens is 558 g/mol. The van der Waals surface area contributed by atoms with Gasteiger partial charge in [-0.3, -0.25) is 24.1 Å². The van der Waals surface area contributed by atoms with Gasteiger partial charge in [0.2, 0.25) is 23.6 Å². The number of unbranched alkanes of at least 4 members (excludes halogenated alkanes) is 2. The number of amides is 4. The van der Waals surface area contributed by atoms with Crippen LogP contribution in [0, 0.1) is 11.3 Å². The van der Waals surface area contributed by atoms with E-state index in [4.69, 9.17) is 5.11 Å². The SMILES string of the molecule is CC(=C[C@H](C(C)C)N(C)C(=O)[C@@H](NC(=O)[C@H]1CCCCN1C(C)C)C(C)(C)C)C(=O)N1CCC[C@H]1C(=O)NCCCCCO. The molecule has 2 saturated heterocycles. The molecule has 0 unspecified atom stereocenters. The van der Waals surface area contributed by atoms with Crippen LogP contribution in [0.5, 0.6) is 0 Å². The number of likely N-dealkylation sites (N-methyl/N-ethyl adjacent to an activating group) is 1. The van der Waals surface area contributed by atoms with Gasteiger partial charge in [0.15, 0.2) is 0 Å². The van der Waals surface area contributed by atoms with Crippen LogP contribution >= 0.6 is 0 Å². The zero-order valence-corrected chi connectivity index (χ0v) is 28.9. The van der Waals surface area contributed by atoms with E-state index in [-0.39, 0.29) is 54.3 Å². The van der Waals surface area contributed by atoms with Crippen LogP contribution in [0.2, 0.25) is 0 Å². The van der Waals surface area contributed by atoms with Gasteiger partial charge < -0.3 is 25.5 Å². The normalized spacial score (nSPS) is 21.4. The molecule has 0 bridgehead atoms. The molecule has 0 aliphatic carbocycles. The summed E-state index contributed by atoms with van der Waals surface area (Å²) in [6, 6.07) is -1.63. The number of piperidine rings is 1. The van der Waals surface area contributed by atoms with E-state index < -0.39 is 17.5 Å². The molecule has 0 aromatic carbocycles. The Labute approximate surface area is 266 Å². The Morgan fingerprint density at radius 3 is 2.18 bits per heavy atom. The van der Waals surface area contributed by atoms with Gasteiger partial charge in [-0.1, -0.05) is 47.1 Å². The van der Waals surface area contributed by atoms with Crippen molar-refractivity contribution in [2.75, 3.05) is 33.3 Å². The quantitative estimate of drug-likeness (QED) is 0.202. The number of carbonyl (C=O) groups excluding carboxylic acids is 4. The van der Waals surface area contributed by atoms with Gasteiger partial charge in [0.05, 0.1) is 12.1 Å². The smallest absolute Gasteiger partial charge is 0.249 e. The zero-order chi connectivity index (χ0) is 33.2. The van der Waals surface area contributed by atoms with Crippen molar-refractivity contribution in [2.45, 2.75) is 137 Å². The highest BCUT2D eigenvalue weighted by Crippen LogP contribution is 2.27. The molecule has 0 aromatic heterocycles. The van der Waals surface area contributed by atoms with E-state index in [1.54, 1.807) is 23.8 Å². The Morgan fingerprint density at radius 2 is 1.59 bits per heavy atom. The highest BCUT2D eigenvalue weighted by Gasteiger charge is 2.40. The van der Waals surface area contributed by atoms with Crippen molar-refractivity contribution in [3.8, 4) is 0 Å². The molecule has 10 heteroatoms. The molecule has 0 aromatic rings. The number of nitrogens with one attached hydrogen (secondary N) is 2. The van der Waals surface area contributed by atoms with Crippen LogP contribution in [-0.4, -0.2) is 107 Å². The summed E-state index contributed by atoms with van der Waals surface area (Å²) in [6.07, 6.45) is 8.40. The first-order valence-electron chi connectivity index (χ1n) is 16.8. The lowest BCUT2D eigenvalue weighted by molar-refractivity contribution is -0.142. The molecule has 2 aliphatic rings. The van der Waals surface area contributed by atoms with Gasteiger partial charge in [0.1, 0.15) is 12.1 Å². The maximum Gasteiger partial charge on any atom is 0.249 e. The first-order valence-corrected chi connectivity index (χ1v) is 16.8. The van der Waals surface area contributed by atoms with Crippen LogP contribution in [0.15, 0.2) is 11.6 Å². The lowest BCUT2D eigenvalue weighted by Crippen LogP contribution is -2.60. The standard InChI is InChI=1S/C34H61N5O5/c1-23(2)28(22-25(5)32(43)39-20-15-17-26(39)30(41)35-18-12-10-14-21-40)37(9)33(44)29(34(6,7)8)36-31(42)27-16-11-13-19-38(27)24(3)4/h22-24,26-29,40H,10-21H2,1-9H3,(H,35,41)(H,36,42)/t26-,27+,28+,29+/m0/s1. The van der Waals surface area contributed by atoms with Crippen LogP contribution in [0.4, 0.5) is 0 Å². The summed E-state index contributed by atoms with van der Waals surface area (Å²) in [6.45, 7) is 17.9. The summed E-state index contributed by atoms with van der Waals surface area (Å²) < 4.78 is 0. The minimum Gasteiger partial charge on any atom is -0.396 e. The third-order valence-electron chi connectivity index (χ3n) is 9.10. The van der Waals surface area contributed by atoms with Gasteiger partial charge in [-0.05, 0) is 83.6 Å². The van der Waals surface area contributed by atoms with Crippen molar-refractivity contribution in [2.24, 2.45) is 11.3 Å². The Kier molecular flexibility index (Phi) is 14.8. The molecule has 10 nitrogen and oxygen atoms in total. The van der Waals surface area contributed by atoms with Gasteiger partial charge >= 0.3 is 0 Å². The van der Waals surface area contributed by atoms with Crippen molar-refractivity contribution >= 4 is 23.6 Å². The van der Waals surface area contributed by atoms with Crippen LogP contribution in [0.3, 0.4) is 0 Å². The Balaban J connectivity index is 2.19. The average Bonchev–Trinajstić information content (AvgIpc) is 3.46. The van der Waals surface area contributed by atoms with Crippen LogP contribution in [0.25, 0.3) is 0 Å². The molecular formula is C34H61N5O5. The summed E-state index contributed by atoms with van der Waals surface area (Å²) in [5.41, 5.74) is -0.0278. The Hall–Kier alpha value is -2.46. The van der Waals surface area contributed by atoms with Crippen molar-refractivity contribution < 1.29 is 24.3 Å². The fourth-order valence-electron chi connectivity index (χ4n) is 6.42. The Bertz CT molecular complexity index is 1000. The zero-order valence-electron chi connectivity index (χ0n) is 28.9. The van der Waals surface area contributed by atoms with E-state index in [1.807, 2.05) is 40.7 Å². The number of hydrogen-bond acceptors (Lipinski definition) is 6. The lowest BCUT2D eigenvalue weighted by atomic mass is 9.84. The highest BCUT2D eigenvalue weighted by atomic mass is 16.3. The number of aliphatic hydroxyl groups excluding tert-OH is 1. The van der Waals surface area contributed by atoms with Gasteiger partial charge in [-0.25, -0.2) is 0 Å². The molecule has 2 heterocycles. The molecule has 2 fully saturated rings. The monoisotopic (exact) mass is 619 g/mol. The average molecular weight is 620 g/mol. The second-order valence-electron chi connectivity index (χ2n) is 14.4. The highest BCUT2D eigenvalue weighted by molar-refractivity contribution is 5.97. The van der Waals surface area contributed by atoms with Crippen molar-refractivity contribution in [1.82, 2.24) is 25.3 Å². The number of likely N-dealkylation sites (tertiary alicyclic amines) is 2. The summed E-state index contributed by atoms with van der Waals surface area (Å²) in [4.78, 5) is 59.7. The number of nitrogens with zero attached hydrogens (tertiary/aromatic N) is 3. The van der Waals surface area contributed by atoms with Gasteiger partial charge in [0, 0.05) is 38.4 Å². The summed E-state index contributed by atoms with van der Waals surface area (Å²) in [5.74, 6) is -0.615. The maximum atomic E-state index is 14.1. The van der Waals surface area contributed by atoms with Crippen molar-refractivity contribution in [1.29, 1.82) is 0 Å². The molecule has 4 amide bonds. The number of carbonyl (C=O) groups is 4. The van der Waals surface area contributed by atoms with Crippen LogP contribution < -0.4 is 10.6 Å². The molecule has 0 radical (unpaired) electrons. The minimum atomic E-state index is -0.731. The van der Waals surface area contributed by atoms with Crippen LogP contribution in [-0.2, 0) is 19.2 Å². The van der Waals surface area contributed by atoms with E-state index in [2.05, 4.69) is 29.4 Å². The summed E-state index contributed by atoms with van der Waals surface area (Å²) in [5, 5.41) is 15.0. The summed E-state index contributed by atoms with van der Waals surface area (Å²) in [7, 11) is 1.75. The number of hydrogen-bond donors (Lipinski definition) is 3. The fraction of sp³-hybridized carbons (Fsp3) is 0.824. The van der Waals surface area contributed by atoms with E-state index in [0.717, 1.165) is 45.1 Å². The molecule has 4 atom stereocenters. The van der Waals surface area contributed by atoms with Crippen LogP contribution in [0.1, 0.15) is 107 Å². The first-order chi connectivity index (χ1) is 20.6. The lowest BCUT2D eigenvalue weighted by Gasteiger charge is -2.41. The third-order valence-corrected chi connectivity index (χ3v) is 9.10. The van der Waals surface area contributed by atoms with Crippen molar-refractivity contribution in [3.05, 3.63) is 11.6 Å². The van der Waals surface area contributed by atoms with Crippen molar-refractivity contribution in [3.63, 3.8) is 0 Å². The third kappa shape index (κ3) is 10.3. The number of rotatable bonds is 14. The van der Waals surface area contributed by atoms with E-state index in [9.17, 15) is 19.2 Å². The fourth-order valence-corrected chi connectivity index (χ4v) is 6.42. The molecule has 2 rings (SSSR count). The van der Waals surface area contributed by atoms with E-state index in [1.165, 1.54) is 0 Å². The minimum absolute atomic E-state index is 0.00870. The predicted molar refractivity (Wildman–Crippen MR) is 175 cm³/mol. The molecule has 252 valence electrons. The second kappa shape index (κ2) is 17.3. The maximum absolute atomic E-state index is 14.1. The molecule has 0 saturated carbocycles. The molecule has 2 aliphatic heterocycles. The Morgan fingerprint density at radius 1 is 0.932 bits per heavy atom. The van der Waals surface area contributed by atoms with E-state index in [0.29, 0.717) is 31.5 Å². The van der Waals surface area contributed by atoms with E-state index >= 15 is 0 Å². The largest absolute Gasteiger partial charge is 0.396 e. The summed E-state index contributed by atoms with van der Waals surface area (Å²) >= 11 is 0. The molecule has 44 heavy (non-hydrogen) atoms. The molecule has 0 spiro atoms.